The summed E-state index contributed by atoms with van der Waals surface area (Å²) in [5, 5.41) is 8.82. The molecule has 6 nitrogen and oxygen atoms in total. The van der Waals surface area contributed by atoms with E-state index in [4.69, 9.17) is 19.3 Å². The summed E-state index contributed by atoms with van der Waals surface area (Å²) >= 11 is 0. The Bertz CT molecular complexity index is 861. The zero-order valence-corrected chi connectivity index (χ0v) is 16.4. The fourth-order valence-corrected chi connectivity index (χ4v) is 2.98. The van der Waals surface area contributed by atoms with Gasteiger partial charge in [-0.25, -0.2) is 9.79 Å². The van der Waals surface area contributed by atoms with Crippen LogP contribution in [0.4, 0.5) is 0 Å². The molecule has 0 fully saturated rings. The highest BCUT2D eigenvalue weighted by Crippen LogP contribution is 2.28. The van der Waals surface area contributed by atoms with Crippen LogP contribution in [-0.4, -0.2) is 49.4 Å². The van der Waals surface area contributed by atoms with Gasteiger partial charge in [-0.3, -0.25) is 0 Å². The molecular weight excluding hydrogens is 370 g/mol. The molecular formula is C23H25NO5. The van der Waals surface area contributed by atoms with Crippen LogP contribution in [0, 0.1) is 0 Å². The molecule has 0 saturated carbocycles. The van der Waals surface area contributed by atoms with Crippen LogP contribution in [0.3, 0.4) is 0 Å². The lowest BCUT2D eigenvalue weighted by Crippen LogP contribution is -2.38. The number of carbonyl (C=O) groups excluding carboxylic acids is 1. The van der Waals surface area contributed by atoms with E-state index in [2.05, 4.69) is 4.99 Å². The van der Waals surface area contributed by atoms with Crippen LogP contribution in [0.2, 0.25) is 0 Å². The van der Waals surface area contributed by atoms with Gasteiger partial charge in [-0.2, -0.15) is 0 Å². The summed E-state index contributed by atoms with van der Waals surface area (Å²) in [6.45, 7) is 0.673. The molecule has 0 aromatic heterocycles. The smallest absolute Gasteiger partial charge is 0.337 e. The molecule has 0 radical (unpaired) electrons. The maximum absolute atomic E-state index is 12.5. The predicted octanol–water partition coefficient (Wildman–Crippen LogP) is 3.24. The van der Waals surface area contributed by atoms with Gasteiger partial charge in [0.2, 0.25) is 5.90 Å². The van der Waals surface area contributed by atoms with Gasteiger partial charge in [-0.05, 0) is 29.8 Å². The Kier molecular flexibility index (Phi) is 7.03. The first-order chi connectivity index (χ1) is 14.2. The van der Waals surface area contributed by atoms with Crippen LogP contribution >= 0.6 is 0 Å². The summed E-state index contributed by atoms with van der Waals surface area (Å²) in [7, 11) is 1.36. The molecule has 2 aromatic carbocycles. The second kappa shape index (κ2) is 9.89. The maximum atomic E-state index is 12.5. The summed E-state index contributed by atoms with van der Waals surface area (Å²) in [5.41, 5.74) is 0.718. The van der Waals surface area contributed by atoms with Crippen LogP contribution in [0.25, 0.3) is 6.08 Å². The van der Waals surface area contributed by atoms with Crippen LogP contribution < -0.4 is 4.74 Å². The van der Waals surface area contributed by atoms with Crippen molar-refractivity contribution in [1.82, 2.24) is 0 Å². The maximum Gasteiger partial charge on any atom is 0.337 e. The van der Waals surface area contributed by atoms with Gasteiger partial charge in [0.05, 0.1) is 13.7 Å². The first-order valence-corrected chi connectivity index (χ1v) is 9.53. The lowest BCUT2D eigenvalue weighted by atomic mass is 9.97. The Morgan fingerprint density at radius 2 is 1.97 bits per heavy atom. The van der Waals surface area contributed by atoms with Gasteiger partial charge in [0.25, 0.3) is 0 Å². The van der Waals surface area contributed by atoms with E-state index in [9.17, 15) is 4.79 Å². The highest BCUT2D eigenvalue weighted by molar-refractivity contribution is 5.99. The third-order valence-corrected chi connectivity index (χ3v) is 4.57. The van der Waals surface area contributed by atoms with Crippen molar-refractivity contribution in [2.24, 2.45) is 4.99 Å². The summed E-state index contributed by atoms with van der Waals surface area (Å²) in [4.78, 5) is 17.1. The van der Waals surface area contributed by atoms with E-state index in [0.29, 0.717) is 31.1 Å². The van der Waals surface area contributed by atoms with Crippen LogP contribution in [-0.2, 0) is 14.3 Å². The Balaban J connectivity index is 1.74. The van der Waals surface area contributed by atoms with Gasteiger partial charge in [0.15, 0.2) is 5.54 Å². The number of carbonyl (C=O) groups is 1. The van der Waals surface area contributed by atoms with E-state index in [1.165, 1.54) is 7.11 Å². The molecule has 1 aliphatic heterocycles. The van der Waals surface area contributed by atoms with E-state index in [-0.39, 0.29) is 13.2 Å². The molecule has 1 N–H and O–H groups in total. The van der Waals surface area contributed by atoms with Gasteiger partial charge in [-0.15, -0.1) is 0 Å². The number of benzene rings is 2. The average molecular weight is 395 g/mol. The molecule has 152 valence electrons. The minimum absolute atomic E-state index is 0.0943. The largest absolute Gasteiger partial charge is 0.494 e. The molecule has 2 aromatic rings. The number of methoxy groups -OCH3 is 1. The quantitative estimate of drug-likeness (QED) is 0.521. The van der Waals surface area contributed by atoms with E-state index in [1.54, 1.807) is 0 Å². The van der Waals surface area contributed by atoms with Crippen LogP contribution in [0.5, 0.6) is 5.75 Å². The number of ether oxygens (including phenoxy) is 3. The topological polar surface area (TPSA) is 77.4 Å². The molecule has 1 heterocycles. The van der Waals surface area contributed by atoms with E-state index < -0.39 is 11.5 Å². The molecule has 6 heteroatoms. The van der Waals surface area contributed by atoms with Crippen molar-refractivity contribution in [3.8, 4) is 5.75 Å². The summed E-state index contributed by atoms with van der Waals surface area (Å²) in [5.74, 6) is 0.686. The molecule has 3 rings (SSSR count). The minimum Gasteiger partial charge on any atom is -0.494 e. The lowest BCUT2D eigenvalue weighted by molar-refractivity contribution is -0.147. The molecule has 0 bridgehead atoms. The summed E-state index contributed by atoms with van der Waals surface area (Å²) in [6.07, 6.45) is 4.83. The van der Waals surface area contributed by atoms with Crippen LogP contribution in [0.1, 0.15) is 24.0 Å². The van der Waals surface area contributed by atoms with Crippen molar-refractivity contribution in [3.05, 3.63) is 71.8 Å². The van der Waals surface area contributed by atoms with Crippen LogP contribution in [0.15, 0.2) is 65.7 Å². The summed E-state index contributed by atoms with van der Waals surface area (Å²) in [6, 6.07) is 17.1. The normalized spacial score (nSPS) is 18.3. The van der Waals surface area contributed by atoms with Gasteiger partial charge in [0.1, 0.15) is 12.4 Å². The molecule has 0 saturated heterocycles. The van der Waals surface area contributed by atoms with Crippen molar-refractivity contribution in [3.63, 3.8) is 0 Å². The highest BCUT2D eigenvalue weighted by Gasteiger charge is 2.44. The number of aliphatic hydroxyl groups is 1. The van der Waals surface area contributed by atoms with E-state index in [1.807, 2.05) is 66.7 Å². The Morgan fingerprint density at radius 3 is 2.66 bits per heavy atom. The molecule has 0 amide bonds. The molecule has 29 heavy (non-hydrogen) atoms. The molecule has 0 unspecified atom stereocenters. The average Bonchev–Trinajstić information content (AvgIpc) is 3.20. The van der Waals surface area contributed by atoms with Crippen molar-refractivity contribution < 1.29 is 24.1 Å². The Morgan fingerprint density at radius 1 is 1.21 bits per heavy atom. The number of nitrogens with zero attached hydrogens (tertiary/aromatic N) is 1. The molecule has 1 aliphatic rings. The summed E-state index contributed by atoms with van der Waals surface area (Å²) < 4.78 is 16.3. The molecule has 0 spiro atoms. The fourth-order valence-electron chi connectivity index (χ4n) is 2.98. The van der Waals surface area contributed by atoms with Crippen molar-refractivity contribution in [2.75, 3.05) is 26.9 Å². The predicted molar refractivity (Wildman–Crippen MR) is 111 cm³/mol. The molecule has 0 aliphatic carbocycles. The van der Waals surface area contributed by atoms with Crippen molar-refractivity contribution in [1.29, 1.82) is 0 Å². The number of rotatable bonds is 9. The van der Waals surface area contributed by atoms with Gasteiger partial charge >= 0.3 is 5.97 Å². The van der Waals surface area contributed by atoms with Gasteiger partial charge < -0.3 is 19.3 Å². The SMILES string of the molecule is COC(=O)[C@@]1(C/C=C/c2ccccc2)COC(c2ccc(OCCCO)cc2)=N1. The monoisotopic (exact) mass is 395 g/mol. The second-order valence-corrected chi connectivity index (χ2v) is 6.70. The highest BCUT2D eigenvalue weighted by atomic mass is 16.5. The van der Waals surface area contributed by atoms with Crippen molar-refractivity contribution >= 4 is 17.9 Å². The first-order valence-electron chi connectivity index (χ1n) is 9.53. The van der Waals surface area contributed by atoms with Crippen molar-refractivity contribution in [2.45, 2.75) is 18.4 Å². The number of aliphatic imine (C=N–C) groups is 1. The fraction of sp³-hybridized carbons (Fsp3) is 0.304. The van der Waals surface area contributed by atoms with E-state index >= 15 is 0 Å². The second-order valence-electron chi connectivity index (χ2n) is 6.70. The standard InChI is InChI=1S/C23H25NO5/c1-27-22(26)23(14-5-9-18-7-3-2-4-8-18)17-29-21(24-23)19-10-12-20(13-11-19)28-16-6-15-25/h2-5,7-13,25H,6,14-17H2,1H3/b9-5+/t23-/m1/s1. The van der Waals surface area contributed by atoms with Gasteiger partial charge in [-0.1, -0.05) is 42.5 Å². The third-order valence-electron chi connectivity index (χ3n) is 4.57. The zero-order valence-electron chi connectivity index (χ0n) is 16.4. The number of hydrogen-bond donors (Lipinski definition) is 1. The Labute approximate surface area is 170 Å². The molecule has 1 atom stereocenters. The Hall–Kier alpha value is -3.12. The van der Waals surface area contributed by atoms with Gasteiger partial charge in [0, 0.05) is 25.0 Å². The number of aliphatic hydroxyl groups excluding tert-OH is 1. The third kappa shape index (κ3) is 5.23. The minimum atomic E-state index is -1.09. The van der Waals surface area contributed by atoms with E-state index in [0.717, 1.165) is 11.1 Å². The zero-order chi connectivity index (χ0) is 20.5. The number of hydrogen-bond acceptors (Lipinski definition) is 6. The number of esters is 1. The lowest BCUT2D eigenvalue weighted by Gasteiger charge is -2.18. The first kappa shape index (κ1) is 20.6.